The quantitative estimate of drug-likeness (QED) is 0.901. The van der Waals surface area contributed by atoms with Gasteiger partial charge in [-0.1, -0.05) is 18.2 Å². The summed E-state index contributed by atoms with van der Waals surface area (Å²) in [6.07, 6.45) is -3.54. The van der Waals surface area contributed by atoms with E-state index >= 15 is 0 Å². The SMILES string of the molecule is O=S(=O)(Cc1ccccc1C(F)(F)F)Nc1ncn[nH]1. The van der Waals surface area contributed by atoms with Crippen LogP contribution in [0.1, 0.15) is 11.1 Å². The van der Waals surface area contributed by atoms with Gasteiger partial charge in [0.2, 0.25) is 16.0 Å². The lowest BCUT2D eigenvalue weighted by Crippen LogP contribution is -2.18. The van der Waals surface area contributed by atoms with Crippen molar-refractivity contribution in [3.8, 4) is 0 Å². The van der Waals surface area contributed by atoms with Crippen LogP contribution in [0.5, 0.6) is 0 Å². The van der Waals surface area contributed by atoms with Gasteiger partial charge in [0.15, 0.2) is 0 Å². The number of anilines is 1. The van der Waals surface area contributed by atoms with Crippen LogP contribution in [0.4, 0.5) is 19.1 Å². The number of halogens is 3. The molecule has 0 bridgehead atoms. The summed E-state index contributed by atoms with van der Waals surface area (Å²) in [4.78, 5) is 3.54. The number of nitrogens with zero attached hydrogens (tertiary/aromatic N) is 2. The Morgan fingerprint density at radius 3 is 2.55 bits per heavy atom. The summed E-state index contributed by atoms with van der Waals surface area (Å²) >= 11 is 0. The van der Waals surface area contributed by atoms with Crippen molar-refractivity contribution in [1.82, 2.24) is 15.2 Å². The second-order valence-corrected chi connectivity index (χ2v) is 5.57. The maximum atomic E-state index is 12.8. The zero-order valence-electron chi connectivity index (χ0n) is 9.85. The molecule has 10 heteroatoms. The van der Waals surface area contributed by atoms with Gasteiger partial charge in [-0.3, -0.25) is 4.72 Å². The number of benzene rings is 1. The molecule has 0 spiro atoms. The molecule has 0 fully saturated rings. The second-order valence-electron chi connectivity index (χ2n) is 3.85. The summed E-state index contributed by atoms with van der Waals surface area (Å²) in [5.41, 5.74) is -1.32. The Morgan fingerprint density at radius 1 is 1.25 bits per heavy atom. The first-order valence-corrected chi connectivity index (χ1v) is 6.94. The number of aromatic amines is 1. The molecule has 1 aromatic carbocycles. The number of H-pyrrole nitrogens is 1. The van der Waals surface area contributed by atoms with Crippen LogP contribution < -0.4 is 4.72 Å². The van der Waals surface area contributed by atoms with Crippen molar-refractivity contribution < 1.29 is 21.6 Å². The van der Waals surface area contributed by atoms with Gasteiger partial charge >= 0.3 is 6.18 Å². The molecule has 0 aliphatic heterocycles. The summed E-state index contributed by atoms with van der Waals surface area (Å²) in [6.45, 7) is 0. The van der Waals surface area contributed by atoms with Crippen LogP contribution in [0.15, 0.2) is 30.6 Å². The van der Waals surface area contributed by atoms with E-state index in [-0.39, 0.29) is 11.5 Å². The number of nitrogens with one attached hydrogen (secondary N) is 2. The molecule has 2 rings (SSSR count). The van der Waals surface area contributed by atoms with Gasteiger partial charge in [-0.25, -0.2) is 13.5 Å². The minimum Gasteiger partial charge on any atom is -0.251 e. The highest BCUT2D eigenvalue weighted by Crippen LogP contribution is 2.32. The third-order valence-electron chi connectivity index (χ3n) is 2.34. The molecule has 6 nitrogen and oxygen atoms in total. The van der Waals surface area contributed by atoms with Crippen LogP contribution in [0.2, 0.25) is 0 Å². The highest BCUT2D eigenvalue weighted by molar-refractivity contribution is 7.91. The fourth-order valence-corrected chi connectivity index (χ4v) is 2.69. The molecular weight excluding hydrogens is 297 g/mol. The third-order valence-corrected chi connectivity index (χ3v) is 3.53. The summed E-state index contributed by atoms with van der Waals surface area (Å²) in [5, 5.41) is 5.68. The van der Waals surface area contributed by atoms with E-state index in [9.17, 15) is 21.6 Å². The maximum Gasteiger partial charge on any atom is 0.416 e. The van der Waals surface area contributed by atoms with E-state index in [1.54, 1.807) is 0 Å². The second kappa shape index (κ2) is 5.12. The predicted octanol–water partition coefficient (Wildman–Crippen LogP) is 1.77. The first-order chi connectivity index (χ1) is 9.28. The smallest absolute Gasteiger partial charge is 0.251 e. The summed E-state index contributed by atoms with van der Waals surface area (Å²) in [6, 6.07) is 4.49. The highest BCUT2D eigenvalue weighted by atomic mass is 32.2. The Bertz CT molecular complexity index is 683. The fraction of sp³-hybridized carbons (Fsp3) is 0.200. The van der Waals surface area contributed by atoms with Gasteiger partial charge < -0.3 is 0 Å². The first kappa shape index (κ1) is 14.3. The minimum atomic E-state index is -4.61. The minimum absolute atomic E-state index is 0.158. The van der Waals surface area contributed by atoms with Crippen LogP contribution in [0.25, 0.3) is 0 Å². The molecule has 108 valence electrons. The van der Waals surface area contributed by atoms with E-state index in [1.807, 2.05) is 4.72 Å². The van der Waals surface area contributed by atoms with Gasteiger partial charge in [-0.15, -0.1) is 0 Å². The average molecular weight is 306 g/mol. The van der Waals surface area contributed by atoms with Crippen LogP contribution in [0.3, 0.4) is 0 Å². The van der Waals surface area contributed by atoms with Gasteiger partial charge in [0.05, 0.1) is 11.3 Å². The van der Waals surface area contributed by atoms with Crippen molar-refractivity contribution in [2.24, 2.45) is 0 Å². The number of sulfonamides is 1. The monoisotopic (exact) mass is 306 g/mol. The van der Waals surface area contributed by atoms with Crippen LogP contribution >= 0.6 is 0 Å². The molecule has 0 unspecified atom stereocenters. The molecule has 0 amide bonds. The summed E-state index contributed by atoms with van der Waals surface area (Å²) < 4.78 is 63.8. The van der Waals surface area contributed by atoms with E-state index in [1.165, 1.54) is 12.1 Å². The van der Waals surface area contributed by atoms with Gasteiger partial charge in [0.25, 0.3) is 0 Å². The van der Waals surface area contributed by atoms with Gasteiger partial charge in [-0.2, -0.15) is 23.3 Å². The molecule has 0 radical (unpaired) electrons. The molecule has 2 N–H and O–H groups in total. The average Bonchev–Trinajstić information content (AvgIpc) is 2.79. The van der Waals surface area contributed by atoms with Crippen molar-refractivity contribution in [2.75, 3.05) is 4.72 Å². The predicted molar refractivity (Wildman–Crippen MR) is 64.1 cm³/mol. The van der Waals surface area contributed by atoms with E-state index in [0.29, 0.717) is 0 Å². The first-order valence-electron chi connectivity index (χ1n) is 5.29. The maximum absolute atomic E-state index is 12.8. The largest absolute Gasteiger partial charge is 0.416 e. The van der Waals surface area contributed by atoms with Crippen LogP contribution in [-0.4, -0.2) is 23.6 Å². The van der Waals surface area contributed by atoms with Crippen LogP contribution in [0, 0.1) is 0 Å². The molecule has 2 aromatic rings. The Labute approximate surface area is 112 Å². The molecule has 1 aromatic heterocycles. The van der Waals surface area contributed by atoms with Crippen molar-refractivity contribution in [1.29, 1.82) is 0 Å². The number of aromatic nitrogens is 3. The number of rotatable bonds is 4. The zero-order chi connectivity index (χ0) is 14.8. The third kappa shape index (κ3) is 3.47. The standard InChI is InChI=1S/C10H9F3N4O2S/c11-10(12,13)8-4-2-1-3-7(8)5-20(18,19)17-9-14-6-15-16-9/h1-4,6H,5H2,(H2,14,15,16,17). The lowest BCUT2D eigenvalue weighted by Gasteiger charge is -2.12. The van der Waals surface area contributed by atoms with Crippen molar-refractivity contribution in [3.63, 3.8) is 0 Å². The lowest BCUT2D eigenvalue weighted by molar-refractivity contribution is -0.138. The van der Waals surface area contributed by atoms with Crippen molar-refractivity contribution in [3.05, 3.63) is 41.7 Å². The number of hydrogen-bond acceptors (Lipinski definition) is 4. The fourth-order valence-electron chi connectivity index (χ4n) is 1.57. The van der Waals surface area contributed by atoms with E-state index < -0.39 is 27.5 Å². The summed E-state index contributed by atoms with van der Waals surface area (Å²) in [7, 11) is -4.02. The molecule has 0 saturated heterocycles. The Balaban J connectivity index is 2.26. The number of hydrogen-bond donors (Lipinski definition) is 2. The molecule has 0 aliphatic carbocycles. The van der Waals surface area contributed by atoms with Crippen molar-refractivity contribution >= 4 is 16.0 Å². The van der Waals surface area contributed by atoms with Gasteiger partial charge in [-0.05, 0) is 11.6 Å². The molecule has 0 saturated carbocycles. The molecule has 0 atom stereocenters. The highest BCUT2D eigenvalue weighted by Gasteiger charge is 2.34. The molecule has 20 heavy (non-hydrogen) atoms. The molecular formula is C10H9F3N4O2S. The van der Waals surface area contributed by atoms with Crippen molar-refractivity contribution in [2.45, 2.75) is 11.9 Å². The van der Waals surface area contributed by atoms with Gasteiger partial charge in [0, 0.05) is 0 Å². The molecule has 1 heterocycles. The summed E-state index contributed by atoms with van der Waals surface area (Å²) in [5.74, 6) is -0.974. The van der Waals surface area contributed by atoms with E-state index in [2.05, 4.69) is 15.2 Å². The Morgan fingerprint density at radius 2 is 1.95 bits per heavy atom. The Hall–Kier alpha value is -2.10. The number of alkyl halides is 3. The topological polar surface area (TPSA) is 87.7 Å². The van der Waals surface area contributed by atoms with E-state index in [4.69, 9.17) is 0 Å². The van der Waals surface area contributed by atoms with E-state index in [0.717, 1.165) is 18.5 Å². The lowest BCUT2D eigenvalue weighted by atomic mass is 10.1. The normalized spacial score (nSPS) is 12.3. The van der Waals surface area contributed by atoms with Crippen LogP contribution in [-0.2, 0) is 22.0 Å². The Kier molecular flexibility index (Phi) is 3.66. The zero-order valence-corrected chi connectivity index (χ0v) is 10.7. The van der Waals surface area contributed by atoms with Gasteiger partial charge in [0.1, 0.15) is 6.33 Å². The molecule has 0 aliphatic rings.